The van der Waals surface area contributed by atoms with Crippen LogP contribution < -0.4 is 5.32 Å². The quantitative estimate of drug-likeness (QED) is 0.321. The van der Waals surface area contributed by atoms with Gasteiger partial charge in [0, 0.05) is 35.0 Å². The fraction of sp³-hybridized carbons (Fsp3) is 0.286. The number of nitrogens with zero attached hydrogens (tertiary/aromatic N) is 1. The van der Waals surface area contributed by atoms with Crippen LogP contribution in [0.25, 0.3) is 0 Å². The highest BCUT2D eigenvalue weighted by Crippen LogP contribution is 2.23. The van der Waals surface area contributed by atoms with E-state index in [0.717, 1.165) is 10.5 Å². The molecule has 1 atom stereocenters. The van der Waals surface area contributed by atoms with Gasteiger partial charge in [-0.05, 0) is 41.8 Å². The molecule has 0 unspecified atom stereocenters. The second-order valence-electron chi connectivity index (χ2n) is 8.70. The molecule has 7 heteroatoms. The molecule has 1 N–H and O–H groups in total. The molecule has 3 rings (SSSR count). The Balaban J connectivity index is 1.90. The zero-order chi connectivity index (χ0) is 25.2. The summed E-state index contributed by atoms with van der Waals surface area (Å²) in [5, 5.41) is 3.59. The van der Waals surface area contributed by atoms with Gasteiger partial charge in [0.2, 0.25) is 11.8 Å². The van der Waals surface area contributed by atoms with Crippen molar-refractivity contribution in [2.24, 2.45) is 5.92 Å². The number of hydrogen-bond donors (Lipinski definition) is 1. The summed E-state index contributed by atoms with van der Waals surface area (Å²) in [5.41, 5.74) is 1.29. The summed E-state index contributed by atoms with van der Waals surface area (Å²) in [6, 6.07) is 22.4. The fourth-order valence-corrected chi connectivity index (χ4v) is 4.46. The lowest BCUT2D eigenvalue weighted by molar-refractivity contribution is -0.139. The third-order valence-electron chi connectivity index (χ3n) is 5.43. The highest BCUT2D eigenvalue weighted by Gasteiger charge is 2.31. The van der Waals surface area contributed by atoms with E-state index in [2.05, 4.69) is 5.32 Å². The van der Waals surface area contributed by atoms with E-state index in [1.165, 1.54) is 22.7 Å². The maximum absolute atomic E-state index is 14.6. The van der Waals surface area contributed by atoms with Crippen LogP contribution in [-0.4, -0.2) is 35.1 Å². The molecule has 35 heavy (non-hydrogen) atoms. The summed E-state index contributed by atoms with van der Waals surface area (Å²) >= 11 is 7.33. The minimum atomic E-state index is -0.783. The predicted octanol–water partition coefficient (Wildman–Crippen LogP) is 5.98. The molecular weight excluding hydrogens is 483 g/mol. The van der Waals surface area contributed by atoms with E-state index in [-0.39, 0.29) is 30.0 Å². The summed E-state index contributed by atoms with van der Waals surface area (Å²) in [7, 11) is 0. The van der Waals surface area contributed by atoms with Gasteiger partial charge in [-0.3, -0.25) is 9.59 Å². The molecule has 0 aliphatic carbocycles. The van der Waals surface area contributed by atoms with Gasteiger partial charge in [-0.25, -0.2) is 4.39 Å². The Hall–Kier alpha value is -2.83. The lowest BCUT2D eigenvalue weighted by Gasteiger charge is -2.32. The van der Waals surface area contributed by atoms with E-state index in [9.17, 15) is 14.0 Å². The topological polar surface area (TPSA) is 49.4 Å². The van der Waals surface area contributed by atoms with Gasteiger partial charge < -0.3 is 10.2 Å². The van der Waals surface area contributed by atoms with Gasteiger partial charge in [0.15, 0.2) is 0 Å². The monoisotopic (exact) mass is 512 g/mol. The number of thioether (sulfide) groups is 1. The highest BCUT2D eigenvalue weighted by atomic mass is 35.5. The van der Waals surface area contributed by atoms with Crippen molar-refractivity contribution in [1.82, 2.24) is 10.2 Å². The number of carbonyl (C=O) groups excluding carboxylic acids is 2. The smallest absolute Gasteiger partial charge is 0.243 e. The first-order chi connectivity index (χ1) is 16.8. The summed E-state index contributed by atoms with van der Waals surface area (Å²) < 4.78 is 14.6. The Bertz CT molecular complexity index is 1110. The third kappa shape index (κ3) is 8.41. The van der Waals surface area contributed by atoms with Crippen molar-refractivity contribution in [2.75, 3.05) is 12.3 Å². The van der Waals surface area contributed by atoms with Crippen LogP contribution >= 0.6 is 23.4 Å². The Morgan fingerprint density at radius 3 is 2.29 bits per heavy atom. The summed E-state index contributed by atoms with van der Waals surface area (Å²) in [4.78, 5) is 29.3. The van der Waals surface area contributed by atoms with Crippen LogP contribution in [0.1, 0.15) is 25.0 Å². The molecule has 0 aliphatic heterocycles. The summed E-state index contributed by atoms with van der Waals surface area (Å²) in [6.07, 6.45) is 0.330. The van der Waals surface area contributed by atoms with Crippen molar-refractivity contribution in [3.63, 3.8) is 0 Å². The largest absolute Gasteiger partial charge is 0.354 e. The molecular formula is C28H30ClFN2O2S. The molecule has 3 aromatic rings. The number of benzene rings is 3. The number of hydrogen-bond acceptors (Lipinski definition) is 3. The van der Waals surface area contributed by atoms with Gasteiger partial charge in [-0.15, -0.1) is 11.8 Å². The molecule has 0 bridgehead atoms. The minimum absolute atomic E-state index is 0.000711. The van der Waals surface area contributed by atoms with Crippen molar-refractivity contribution in [3.8, 4) is 0 Å². The van der Waals surface area contributed by atoms with Gasteiger partial charge in [-0.1, -0.05) is 74.0 Å². The standard InChI is InChI=1S/C28H30ClFN2O2S/c1-20(2)17-31-28(34)26(16-21-8-4-3-5-9-21)32(18-22-10-6-7-11-25(22)30)27(33)19-35-24-14-12-23(29)13-15-24/h3-15,20,26H,16-19H2,1-2H3,(H,31,34)/t26-/m0/s1. The van der Waals surface area contributed by atoms with Gasteiger partial charge in [-0.2, -0.15) is 0 Å². The second kappa shape index (κ2) is 13.3. The zero-order valence-electron chi connectivity index (χ0n) is 19.9. The zero-order valence-corrected chi connectivity index (χ0v) is 21.5. The number of amides is 2. The number of nitrogens with one attached hydrogen (secondary N) is 1. The molecule has 0 spiro atoms. The predicted molar refractivity (Wildman–Crippen MR) is 141 cm³/mol. The van der Waals surface area contributed by atoms with Crippen LogP contribution in [0.5, 0.6) is 0 Å². The van der Waals surface area contributed by atoms with Gasteiger partial charge >= 0.3 is 0 Å². The van der Waals surface area contributed by atoms with Crippen molar-refractivity contribution in [1.29, 1.82) is 0 Å². The molecule has 0 fully saturated rings. The van der Waals surface area contributed by atoms with Crippen molar-refractivity contribution in [2.45, 2.75) is 37.8 Å². The van der Waals surface area contributed by atoms with E-state index >= 15 is 0 Å². The van der Waals surface area contributed by atoms with E-state index in [0.29, 0.717) is 23.6 Å². The lowest BCUT2D eigenvalue weighted by atomic mass is 10.0. The molecule has 0 heterocycles. The fourth-order valence-electron chi connectivity index (χ4n) is 3.55. The van der Waals surface area contributed by atoms with Gasteiger partial charge in [0.05, 0.1) is 5.75 Å². The van der Waals surface area contributed by atoms with Crippen molar-refractivity contribution >= 4 is 35.2 Å². The average molecular weight is 513 g/mol. The van der Waals surface area contributed by atoms with Crippen molar-refractivity contribution in [3.05, 3.63) is 101 Å². The molecule has 0 saturated carbocycles. The van der Waals surface area contributed by atoms with Crippen LogP contribution in [0.15, 0.2) is 83.8 Å². The Kier molecular flexibility index (Phi) is 10.2. The first-order valence-electron chi connectivity index (χ1n) is 11.6. The first kappa shape index (κ1) is 26.8. The molecule has 2 amide bonds. The van der Waals surface area contributed by atoms with E-state index in [1.54, 1.807) is 30.3 Å². The molecule has 0 aromatic heterocycles. The molecule has 3 aromatic carbocycles. The summed E-state index contributed by atoms with van der Waals surface area (Å²) in [6.45, 7) is 4.51. The van der Waals surface area contributed by atoms with Crippen LogP contribution in [0.3, 0.4) is 0 Å². The van der Waals surface area contributed by atoms with Gasteiger partial charge in [0.25, 0.3) is 0 Å². The Morgan fingerprint density at radius 2 is 1.63 bits per heavy atom. The third-order valence-corrected chi connectivity index (χ3v) is 6.68. The molecule has 0 saturated heterocycles. The van der Waals surface area contributed by atoms with E-state index in [4.69, 9.17) is 11.6 Å². The minimum Gasteiger partial charge on any atom is -0.354 e. The van der Waals surface area contributed by atoms with Crippen LogP contribution in [0.2, 0.25) is 5.02 Å². The van der Waals surface area contributed by atoms with E-state index < -0.39 is 11.9 Å². The average Bonchev–Trinajstić information content (AvgIpc) is 2.85. The summed E-state index contributed by atoms with van der Waals surface area (Å²) in [5.74, 6) is -0.527. The number of carbonyl (C=O) groups is 2. The van der Waals surface area contributed by atoms with Crippen LogP contribution in [-0.2, 0) is 22.6 Å². The molecule has 0 aliphatic rings. The highest BCUT2D eigenvalue weighted by molar-refractivity contribution is 8.00. The maximum atomic E-state index is 14.6. The second-order valence-corrected chi connectivity index (χ2v) is 10.2. The molecule has 0 radical (unpaired) electrons. The van der Waals surface area contributed by atoms with Gasteiger partial charge in [0.1, 0.15) is 11.9 Å². The molecule has 4 nitrogen and oxygen atoms in total. The maximum Gasteiger partial charge on any atom is 0.243 e. The molecule has 184 valence electrons. The van der Waals surface area contributed by atoms with Crippen LogP contribution in [0, 0.1) is 11.7 Å². The first-order valence-corrected chi connectivity index (χ1v) is 12.9. The Morgan fingerprint density at radius 1 is 0.971 bits per heavy atom. The van der Waals surface area contributed by atoms with Crippen LogP contribution in [0.4, 0.5) is 4.39 Å². The number of rotatable bonds is 11. The lowest BCUT2D eigenvalue weighted by Crippen LogP contribution is -2.51. The SMILES string of the molecule is CC(C)CNC(=O)[C@H](Cc1ccccc1)N(Cc1ccccc1F)C(=O)CSc1ccc(Cl)cc1. The van der Waals surface area contributed by atoms with E-state index in [1.807, 2.05) is 56.3 Å². The van der Waals surface area contributed by atoms with Crippen molar-refractivity contribution < 1.29 is 14.0 Å². The Labute approximate surface area is 215 Å². The number of halogens is 2. The normalized spacial score (nSPS) is 11.8.